The Labute approximate surface area is 120 Å². The summed E-state index contributed by atoms with van der Waals surface area (Å²) in [5, 5.41) is 0. The predicted molar refractivity (Wildman–Crippen MR) is 78.1 cm³/mol. The first kappa shape index (κ1) is 13.6. The highest BCUT2D eigenvalue weighted by Gasteiger charge is 2.36. The number of primary amides is 1. The minimum absolute atomic E-state index is 0.359. The van der Waals surface area contributed by atoms with Crippen LogP contribution in [0.2, 0.25) is 0 Å². The molecule has 0 aromatic heterocycles. The summed E-state index contributed by atoms with van der Waals surface area (Å²) < 4.78 is 4.47. The summed E-state index contributed by atoms with van der Waals surface area (Å²) in [6.07, 6.45) is 0.359. The van der Waals surface area contributed by atoms with Gasteiger partial charge in [-0.25, -0.2) is 0 Å². The molecule has 0 fully saturated rings. The van der Waals surface area contributed by atoms with Crippen molar-refractivity contribution in [2.24, 2.45) is 5.73 Å². The van der Waals surface area contributed by atoms with Crippen molar-refractivity contribution in [2.45, 2.75) is 10.9 Å². The molecule has 1 amide bonds. The highest BCUT2D eigenvalue weighted by atomic mass is 79.9. The molecule has 3 nitrogen and oxygen atoms in total. The molecular formula is C15H14BrNO2. The molecule has 1 atom stereocenters. The van der Waals surface area contributed by atoms with Gasteiger partial charge in [0.2, 0.25) is 4.51 Å². The Bertz CT molecular complexity index is 501. The molecule has 2 rings (SSSR count). The Morgan fingerprint density at radius 3 is 2.11 bits per heavy atom. The third-order valence-corrected chi connectivity index (χ3v) is 3.50. The highest BCUT2D eigenvalue weighted by Crippen LogP contribution is 2.27. The summed E-state index contributed by atoms with van der Waals surface area (Å²) >= 11 is 3.33. The van der Waals surface area contributed by atoms with Crippen LogP contribution in [-0.2, 0) is 11.2 Å². The van der Waals surface area contributed by atoms with Gasteiger partial charge in [0, 0.05) is 6.42 Å². The molecule has 0 aliphatic carbocycles. The molecule has 0 bridgehead atoms. The molecule has 98 valence electrons. The van der Waals surface area contributed by atoms with Crippen LogP contribution < -0.4 is 10.5 Å². The molecule has 0 heterocycles. The van der Waals surface area contributed by atoms with Gasteiger partial charge in [-0.15, -0.1) is 0 Å². The minimum atomic E-state index is -1.24. The molecule has 1 unspecified atom stereocenters. The number of amides is 1. The number of benzene rings is 2. The van der Waals surface area contributed by atoms with Crippen molar-refractivity contribution < 1.29 is 9.53 Å². The Morgan fingerprint density at radius 1 is 1.05 bits per heavy atom. The lowest BCUT2D eigenvalue weighted by Crippen LogP contribution is -2.45. The van der Waals surface area contributed by atoms with Crippen LogP contribution in [0.5, 0.6) is 5.75 Å². The fourth-order valence-corrected chi connectivity index (χ4v) is 2.22. The zero-order valence-electron chi connectivity index (χ0n) is 10.3. The van der Waals surface area contributed by atoms with Crippen molar-refractivity contribution in [2.75, 3.05) is 0 Å². The van der Waals surface area contributed by atoms with Gasteiger partial charge in [0.1, 0.15) is 5.75 Å². The standard InChI is InChI=1S/C15H14BrNO2/c16-15(14(17)18,11-12-7-3-1-4-8-12)19-13-9-5-2-6-10-13/h1-10H,11H2,(H2,17,18). The van der Waals surface area contributed by atoms with Gasteiger partial charge in [-0.05, 0) is 33.6 Å². The normalized spacial score (nSPS) is 13.5. The first-order valence-electron chi connectivity index (χ1n) is 5.87. The van der Waals surface area contributed by atoms with Crippen LogP contribution >= 0.6 is 15.9 Å². The predicted octanol–water partition coefficient (Wildman–Crippen LogP) is 2.88. The van der Waals surface area contributed by atoms with Gasteiger partial charge in [-0.3, -0.25) is 4.79 Å². The topological polar surface area (TPSA) is 52.3 Å². The fourth-order valence-electron chi connectivity index (χ4n) is 1.71. The van der Waals surface area contributed by atoms with Gasteiger partial charge in [0.25, 0.3) is 5.91 Å². The van der Waals surface area contributed by atoms with Crippen LogP contribution in [-0.4, -0.2) is 10.4 Å². The van der Waals surface area contributed by atoms with E-state index >= 15 is 0 Å². The smallest absolute Gasteiger partial charge is 0.273 e. The highest BCUT2D eigenvalue weighted by molar-refractivity contribution is 9.10. The van der Waals surface area contributed by atoms with E-state index in [9.17, 15) is 4.79 Å². The molecule has 2 N–H and O–H groups in total. The number of carbonyl (C=O) groups excluding carboxylic acids is 1. The van der Waals surface area contributed by atoms with Crippen molar-refractivity contribution in [3.63, 3.8) is 0 Å². The molecule has 0 aliphatic heterocycles. The number of rotatable bonds is 5. The van der Waals surface area contributed by atoms with Crippen molar-refractivity contribution in [1.82, 2.24) is 0 Å². The number of hydrogen-bond donors (Lipinski definition) is 1. The number of ether oxygens (including phenoxy) is 1. The Kier molecular flexibility index (Phi) is 4.22. The second-order valence-corrected chi connectivity index (χ2v) is 5.45. The van der Waals surface area contributed by atoms with Crippen molar-refractivity contribution in [3.8, 4) is 5.75 Å². The molecule has 19 heavy (non-hydrogen) atoms. The maximum Gasteiger partial charge on any atom is 0.273 e. The van der Waals surface area contributed by atoms with E-state index in [1.165, 1.54) is 0 Å². The lowest BCUT2D eigenvalue weighted by atomic mass is 10.1. The second-order valence-electron chi connectivity index (χ2n) is 4.17. The summed E-state index contributed by atoms with van der Waals surface area (Å²) in [6.45, 7) is 0. The van der Waals surface area contributed by atoms with Crippen LogP contribution in [0.25, 0.3) is 0 Å². The maximum absolute atomic E-state index is 11.7. The van der Waals surface area contributed by atoms with Crippen molar-refractivity contribution in [3.05, 3.63) is 66.2 Å². The molecule has 0 spiro atoms. The number of halogens is 1. The average molecular weight is 320 g/mol. The number of hydrogen-bond acceptors (Lipinski definition) is 2. The van der Waals surface area contributed by atoms with Crippen molar-refractivity contribution in [1.29, 1.82) is 0 Å². The third-order valence-electron chi connectivity index (χ3n) is 2.67. The van der Waals surface area contributed by atoms with Crippen LogP contribution in [0.3, 0.4) is 0 Å². The molecular weight excluding hydrogens is 306 g/mol. The maximum atomic E-state index is 11.7. The van der Waals surface area contributed by atoms with E-state index in [2.05, 4.69) is 15.9 Å². The van der Waals surface area contributed by atoms with E-state index in [0.29, 0.717) is 12.2 Å². The van der Waals surface area contributed by atoms with Crippen LogP contribution in [0.15, 0.2) is 60.7 Å². The Morgan fingerprint density at radius 2 is 1.58 bits per heavy atom. The van der Waals surface area contributed by atoms with Gasteiger partial charge >= 0.3 is 0 Å². The minimum Gasteiger partial charge on any atom is -0.466 e. The zero-order chi connectivity index (χ0) is 13.7. The Balaban J connectivity index is 2.21. The zero-order valence-corrected chi connectivity index (χ0v) is 11.8. The number of para-hydroxylation sites is 1. The first-order valence-corrected chi connectivity index (χ1v) is 6.66. The largest absolute Gasteiger partial charge is 0.466 e. The van der Waals surface area contributed by atoms with Gasteiger partial charge in [-0.2, -0.15) is 0 Å². The summed E-state index contributed by atoms with van der Waals surface area (Å²) in [4.78, 5) is 11.7. The van der Waals surface area contributed by atoms with E-state index in [1.54, 1.807) is 12.1 Å². The lowest BCUT2D eigenvalue weighted by Gasteiger charge is -2.25. The molecule has 2 aromatic rings. The monoisotopic (exact) mass is 319 g/mol. The van der Waals surface area contributed by atoms with E-state index in [1.807, 2.05) is 48.5 Å². The number of carbonyl (C=O) groups is 1. The SMILES string of the molecule is NC(=O)C(Br)(Cc1ccccc1)Oc1ccccc1. The molecule has 0 radical (unpaired) electrons. The average Bonchev–Trinajstić information content (AvgIpc) is 2.40. The second kappa shape index (κ2) is 5.89. The summed E-state index contributed by atoms with van der Waals surface area (Å²) in [6, 6.07) is 18.7. The summed E-state index contributed by atoms with van der Waals surface area (Å²) in [5.41, 5.74) is 6.42. The van der Waals surface area contributed by atoms with E-state index < -0.39 is 10.4 Å². The van der Waals surface area contributed by atoms with E-state index in [-0.39, 0.29) is 0 Å². The van der Waals surface area contributed by atoms with Gasteiger partial charge in [-0.1, -0.05) is 48.5 Å². The van der Waals surface area contributed by atoms with E-state index in [0.717, 1.165) is 5.56 Å². The molecule has 0 saturated heterocycles. The van der Waals surface area contributed by atoms with Crippen LogP contribution in [0.4, 0.5) is 0 Å². The molecule has 2 aromatic carbocycles. The van der Waals surface area contributed by atoms with Gasteiger partial charge in [0.05, 0.1) is 0 Å². The van der Waals surface area contributed by atoms with Crippen LogP contribution in [0, 0.1) is 0 Å². The van der Waals surface area contributed by atoms with Gasteiger partial charge in [0.15, 0.2) is 0 Å². The van der Waals surface area contributed by atoms with E-state index in [4.69, 9.17) is 10.5 Å². The first-order chi connectivity index (χ1) is 9.10. The number of alkyl halides is 1. The Hall–Kier alpha value is -1.81. The van der Waals surface area contributed by atoms with Crippen molar-refractivity contribution >= 4 is 21.8 Å². The number of nitrogens with two attached hydrogens (primary N) is 1. The molecule has 4 heteroatoms. The fraction of sp³-hybridized carbons (Fsp3) is 0.133. The third kappa shape index (κ3) is 3.58. The quantitative estimate of drug-likeness (QED) is 0.861. The molecule has 0 saturated carbocycles. The van der Waals surface area contributed by atoms with Gasteiger partial charge < -0.3 is 10.5 Å². The lowest BCUT2D eigenvalue weighted by molar-refractivity contribution is -0.126. The van der Waals surface area contributed by atoms with Crippen LogP contribution in [0.1, 0.15) is 5.56 Å². The summed E-state index contributed by atoms with van der Waals surface area (Å²) in [5.74, 6) is 0.0364. The summed E-state index contributed by atoms with van der Waals surface area (Å²) in [7, 11) is 0. The molecule has 0 aliphatic rings.